The van der Waals surface area contributed by atoms with Crippen LogP contribution in [0.25, 0.3) is 0 Å². The number of carbonyl (C=O) groups is 1. The molecule has 31 heavy (non-hydrogen) atoms. The molecular formula is C27H33NO3. The van der Waals surface area contributed by atoms with Gasteiger partial charge in [0.25, 0.3) is 0 Å². The van der Waals surface area contributed by atoms with Gasteiger partial charge in [-0.05, 0) is 70.2 Å². The zero-order valence-corrected chi connectivity index (χ0v) is 18.7. The fourth-order valence-electron chi connectivity index (χ4n) is 3.12. The van der Waals surface area contributed by atoms with Crippen molar-refractivity contribution in [1.82, 2.24) is 5.32 Å². The molecule has 4 heteroatoms. The van der Waals surface area contributed by atoms with Crippen molar-refractivity contribution in [3.05, 3.63) is 83.9 Å². The molecule has 1 amide bonds. The van der Waals surface area contributed by atoms with Crippen LogP contribution < -0.4 is 5.32 Å². The van der Waals surface area contributed by atoms with Gasteiger partial charge < -0.3 is 15.2 Å². The lowest BCUT2D eigenvalue weighted by Crippen LogP contribution is -2.33. The highest BCUT2D eigenvalue weighted by Crippen LogP contribution is 2.31. The van der Waals surface area contributed by atoms with Gasteiger partial charge in [0.2, 0.25) is 0 Å². The van der Waals surface area contributed by atoms with Gasteiger partial charge in [0.15, 0.2) is 0 Å². The number of hydrogen-bond acceptors (Lipinski definition) is 3. The van der Waals surface area contributed by atoms with Crippen molar-refractivity contribution in [3.63, 3.8) is 0 Å². The van der Waals surface area contributed by atoms with Crippen molar-refractivity contribution in [1.29, 1.82) is 0 Å². The SMILES string of the molecule is CC(C)(C)OC(=O)NCCCC[C@@](O)(C/C=C/C#Cc1ccccc1)c1ccccc1. The molecule has 0 aliphatic rings. The molecule has 0 aliphatic heterocycles. The van der Waals surface area contributed by atoms with Crippen LogP contribution in [0.3, 0.4) is 0 Å². The highest BCUT2D eigenvalue weighted by Gasteiger charge is 2.27. The Hall–Kier alpha value is -3.03. The van der Waals surface area contributed by atoms with E-state index in [2.05, 4.69) is 17.2 Å². The normalized spacial score (nSPS) is 13.2. The number of aliphatic hydroxyl groups is 1. The van der Waals surface area contributed by atoms with Gasteiger partial charge in [0.05, 0.1) is 5.60 Å². The fourth-order valence-corrected chi connectivity index (χ4v) is 3.12. The monoisotopic (exact) mass is 419 g/mol. The minimum absolute atomic E-state index is 0.411. The first kappa shape index (κ1) is 24.2. The number of carbonyl (C=O) groups excluding carboxylic acids is 1. The minimum atomic E-state index is -0.974. The quantitative estimate of drug-likeness (QED) is 0.435. The highest BCUT2D eigenvalue weighted by atomic mass is 16.6. The van der Waals surface area contributed by atoms with Crippen LogP contribution in [0.15, 0.2) is 72.8 Å². The third-order valence-electron chi connectivity index (χ3n) is 4.64. The lowest BCUT2D eigenvalue weighted by atomic mass is 9.85. The summed E-state index contributed by atoms with van der Waals surface area (Å²) in [6.45, 7) is 6.02. The molecule has 164 valence electrons. The van der Waals surface area contributed by atoms with Crippen molar-refractivity contribution in [2.75, 3.05) is 6.54 Å². The Bertz CT molecular complexity index is 889. The Labute approximate surface area is 186 Å². The van der Waals surface area contributed by atoms with E-state index in [-0.39, 0.29) is 0 Å². The Morgan fingerprint density at radius 1 is 1.03 bits per heavy atom. The summed E-state index contributed by atoms with van der Waals surface area (Å²) in [5.74, 6) is 6.12. The first-order chi connectivity index (χ1) is 14.8. The molecule has 2 rings (SSSR count). The van der Waals surface area contributed by atoms with E-state index in [0.29, 0.717) is 19.4 Å². The van der Waals surface area contributed by atoms with E-state index < -0.39 is 17.3 Å². The molecule has 2 aromatic rings. The summed E-state index contributed by atoms with van der Waals surface area (Å²) in [5.41, 5.74) is 0.365. The molecule has 0 aliphatic carbocycles. The zero-order valence-electron chi connectivity index (χ0n) is 18.7. The molecule has 2 N–H and O–H groups in total. The van der Waals surface area contributed by atoms with Gasteiger partial charge in [0, 0.05) is 12.1 Å². The molecule has 0 unspecified atom stereocenters. The highest BCUT2D eigenvalue weighted by molar-refractivity contribution is 5.67. The predicted octanol–water partition coefficient (Wildman–Crippen LogP) is 5.57. The third-order valence-corrected chi connectivity index (χ3v) is 4.64. The second kappa shape index (κ2) is 12.0. The maximum Gasteiger partial charge on any atom is 0.407 e. The number of amides is 1. The number of ether oxygens (including phenoxy) is 1. The van der Waals surface area contributed by atoms with Gasteiger partial charge in [-0.1, -0.05) is 66.4 Å². The van der Waals surface area contributed by atoms with Gasteiger partial charge in [-0.3, -0.25) is 0 Å². The van der Waals surface area contributed by atoms with Crippen LogP contribution in [0, 0.1) is 11.8 Å². The van der Waals surface area contributed by atoms with Crippen LogP contribution in [0.5, 0.6) is 0 Å². The summed E-state index contributed by atoms with van der Waals surface area (Å²) in [6, 6.07) is 19.5. The third kappa shape index (κ3) is 9.55. The molecule has 0 aromatic heterocycles. The molecule has 0 heterocycles. The molecule has 0 saturated heterocycles. The van der Waals surface area contributed by atoms with E-state index in [1.165, 1.54) is 0 Å². The van der Waals surface area contributed by atoms with Gasteiger partial charge >= 0.3 is 6.09 Å². The minimum Gasteiger partial charge on any atom is -0.444 e. The summed E-state index contributed by atoms with van der Waals surface area (Å²) in [4.78, 5) is 11.7. The van der Waals surface area contributed by atoms with Crippen molar-refractivity contribution < 1.29 is 14.6 Å². The summed E-state index contributed by atoms with van der Waals surface area (Å²) >= 11 is 0. The molecular weight excluding hydrogens is 386 g/mol. The van der Waals surface area contributed by atoms with Crippen LogP contribution >= 0.6 is 0 Å². The maximum atomic E-state index is 11.7. The number of unbranched alkanes of at least 4 members (excludes halogenated alkanes) is 1. The van der Waals surface area contributed by atoms with Crippen LogP contribution in [0.4, 0.5) is 4.79 Å². The number of benzene rings is 2. The van der Waals surface area contributed by atoms with E-state index in [1.807, 2.05) is 87.5 Å². The number of nitrogens with one attached hydrogen (secondary N) is 1. The summed E-state index contributed by atoms with van der Waals surface area (Å²) in [7, 11) is 0. The van der Waals surface area contributed by atoms with Gasteiger partial charge in [0.1, 0.15) is 5.60 Å². The Kier molecular flexibility index (Phi) is 9.37. The standard InChI is InChI=1S/C27H33NO3/c1-26(2,3)31-25(29)28-22-14-13-21-27(30,24-18-10-5-11-19-24)20-12-6-9-17-23-15-7-4-8-16-23/h4-8,10-12,15-16,18-19,30H,13-14,20-22H2,1-3H3,(H,28,29)/b12-6+/t27-/m0/s1. The lowest BCUT2D eigenvalue weighted by Gasteiger charge is -2.28. The summed E-state index contributed by atoms with van der Waals surface area (Å²) < 4.78 is 5.24. The topological polar surface area (TPSA) is 58.6 Å². The van der Waals surface area contributed by atoms with Crippen molar-refractivity contribution in [3.8, 4) is 11.8 Å². The number of alkyl carbamates (subject to hydrolysis) is 1. The number of allylic oxidation sites excluding steroid dienone is 1. The largest absolute Gasteiger partial charge is 0.444 e. The summed E-state index contributed by atoms with van der Waals surface area (Å²) in [6.07, 6.45) is 5.89. The number of hydrogen-bond donors (Lipinski definition) is 2. The smallest absolute Gasteiger partial charge is 0.407 e. The van der Waals surface area contributed by atoms with Crippen molar-refractivity contribution in [2.24, 2.45) is 0 Å². The first-order valence-electron chi connectivity index (χ1n) is 10.7. The van der Waals surface area contributed by atoms with Crippen LogP contribution in [0.2, 0.25) is 0 Å². The average molecular weight is 420 g/mol. The lowest BCUT2D eigenvalue weighted by molar-refractivity contribution is 0.0277. The Morgan fingerprint density at radius 3 is 2.32 bits per heavy atom. The van der Waals surface area contributed by atoms with Gasteiger partial charge in [-0.2, -0.15) is 0 Å². The van der Waals surface area contributed by atoms with E-state index in [4.69, 9.17) is 4.74 Å². The second-order valence-corrected chi connectivity index (χ2v) is 8.53. The molecule has 1 atom stereocenters. The van der Waals surface area contributed by atoms with E-state index in [0.717, 1.165) is 24.0 Å². The second-order valence-electron chi connectivity index (χ2n) is 8.53. The first-order valence-corrected chi connectivity index (χ1v) is 10.7. The zero-order chi connectivity index (χ0) is 22.6. The van der Waals surface area contributed by atoms with Crippen LogP contribution in [0.1, 0.15) is 57.6 Å². The Morgan fingerprint density at radius 2 is 1.68 bits per heavy atom. The van der Waals surface area contributed by atoms with E-state index in [9.17, 15) is 9.90 Å². The molecule has 0 radical (unpaired) electrons. The maximum absolute atomic E-state index is 11.7. The number of rotatable bonds is 8. The van der Waals surface area contributed by atoms with Gasteiger partial charge in [-0.25, -0.2) is 4.79 Å². The molecule has 0 spiro atoms. The predicted molar refractivity (Wildman–Crippen MR) is 126 cm³/mol. The summed E-state index contributed by atoms with van der Waals surface area (Å²) in [5, 5.41) is 14.1. The molecule has 2 aromatic carbocycles. The van der Waals surface area contributed by atoms with E-state index in [1.54, 1.807) is 6.08 Å². The van der Waals surface area contributed by atoms with Crippen molar-refractivity contribution >= 4 is 6.09 Å². The average Bonchev–Trinajstić information content (AvgIpc) is 2.73. The molecule has 0 bridgehead atoms. The Balaban J connectivity index is 1.89. The van der Waals surface area contributed by atoms with Crippen LogP contribution in [-0.2, 0) is 10.3 Å². The van der Waals surface area contributed by atoms with Crippen molar-refractivity contribution in [2.45, 2.75) is 57.7 Å². The molecule has 4 nitrogen and oxygen atoms in total. The van der Waals surface area contributed by atoms with Crippen LogP contribution in [-0.4, -0.2) is 23.3 Å². The van der Waals surface area contributed by atoms with E-state index >= 15 is 0 Å². The fraction of sp³-hybridized carbons (Fsp3) is 0.370. The molecule has 0 fully saturated rings. The molecule has 0 saturated carbocycles. The van der Waals surface area contributed by atoms with Gasteiger partial charge in [-0.15, -0.1) is 0 Å².